The summed E-state index contributed by atoms with van der Waals surface area (Å²) in [6, 6.07) is 2.26. The van der Waals surface area contributed by atoms with Gasteiger partial charge in [-0.15, -0.1) is 0 Å². The first kappa shape index (κ1) is 16.3. The van der Waals surface area contributed by atoms with Crippen molar-refractivity contribution in [3.05, 3.63) is 0 Å². The number of hydrogen-bond acceptors (Lipinski definition) is 3. The second-order valence-corrected chi connectivity index (χ2v) is 6.86. The highest BCUT2D eigenvalue weighted by Gasteiger charge is 2.36. The summed E-state index contributed by atoms with van der Waals surface area (Å²) in [5.74, 6) is 0.953. The highest BCUT2D eigenvalue weighted by Crippen LogP contribution is 2.31. The van der Waals surface area contributed by atoms with Crippen molar-refractivity contribution in [1.82, 2.24) is 15.1 Å². The molecule has 1 N–H and O–H groups in total. The Morgan fingerprint density at radius 3 is 2.50 bits per heavy atom. The maximum atomic E-state index is 3.77. The average Bonchev–Trinajstić information content (AvgIpc) is 2.48. The van der Waals surface area contributed by atoms with Crippen LogP contribution >= 0.6 is 0 Å². The maximum absolute atomic E-state index is 3.77. The second-order valence-electron chi connectivity index (χ2n) is 6.86. The van der Waals surface area contributed by atoms with E-state index in [-0.39, 0.29) is 0 Å². The smallest absolute Gasteiger partial charge is 0.0253 e. The zero-order valence-electron chi connectivity index (χ0n) is 14.1. The number of likely N-dealkylation sites (N-methyl/N-ethyl adjacent to an activating group) is 2. The largest absolute Gasteiger partial charge is 0.313 e. The number of piperazine rings is 1. The lowest BCUT2D eigenvalue weighted by atomic mass is 9.79. The first-order valence-corrected chi connectivity index (χ1v) is 8.87. The van der Waals surface area contributed by atoms with Gasteiger partial charge < -0.3 is 10.2 Å². The number of nitrogens with one attached hydrogen (secondary N) is 1. The van der Waals surface area contributed by atoms with Gasteiger partial charge in [0, 0.05) is 37.8 Å². The summed E-state index contributed by atoms with van der Waals surface area (Å²) in [5.41, 5.74) is 0. The molecule has 1 heterocycles. The molecule has 0 radical (unpaired) electrons. The summed E-state index contributed by atoms with van der Waals surface area (Å²) >= 11 is 0. The van der Waals surface area contributed by atoms with E-state index < -0.39 is 0 Å². The van der Waals surface area contributed by atoms with E-state index in [1.807, 2.05) is 0 Å². The number of hydrogen-bond donors (Lipinski definition) is 1. The summed E-state index contributed by atoms with van der Waals surface area (Å²) in [4.78, 5) is 5.36. The van der Waals surface area contributed by atoms with Gasteiger partial charge >= 0.3 is 0 Å². The molecule has 0 aromatic carbocycles. The molecule has 2 fully saturated rings. The van der Waals surface area contributed by atoms with Gasteiger partial charge in [0.05, 0.1) is 0 Å². The molecule has 0 aromatic heterocycles. The summed E-state index contributed by atoms with van der Waals surface area (Å²) in [6.07, 6.45) is 6.85. The molecule has 4 atom stereocenters. The van der Waals surface area contributed by atoms with Crippen LogP contribution in [0.1, 0.15) is 52.9 Å². The topological polar surface area (TPSA) is 18.5 Å². The van der Waals surface area contributed by atoms with Crippen LogP contribution in [0.15, 0.2) is 0 Å². The van der Waals surface area contributed by atoms with Gasteiger partial charge in [-0.2, -0.15) is 0 Å². The molecule has 4 unspecified atom stereocenters. The van der Waals surface area contributed by atoms with Crippen LogP contribution in [-0.2, 0) is 0 Å². The predicted molar refractivity (Wildman–Crippen MR) is 87.2 cm³/mol. The molecule has 3 heteroatoms. The molecule has 118 valence electrons. The van der Waals surface area contributed by atoms with Crippen LogP contribution in [0.5, 0.6) is 0 Å². The lowest BCUT2D eigenvalue weighted by molar-refractivity contribution is 0.0249. The van der Waals surface area contributed by atoms with Crippen LogP contribution < -0.4 is 5.32 Å². The standard InChI is InChI=1S/C17H35N3/c1-5-14-8-9-16(18-7-3)17(12-14)20-11-10-19(4)15(6-2)13-20/h14-18H,5-13H2,1-4H3. The van der Waals surface area contributed by atoms with Crippen molar-refractivity contribution in [3.63, 3.8) is 0 Å². The third-order valence-electron chi connectivity index (χ3n) is 5.72. The molecular formula is C17H35N3. The Morgan fingerprint density at radius 2 is 1.85 bits per heavy atom. The average molecular weight is 281 g/mol. The van der Waals surface area contributed by atoms with Crippen LogP contribution in [0.4, 0.5) is 0 Å². The highest BCUT2D eigenvalue weighted by molar-refractivity contribution is 4.94. The molecule has 2 aliphatic rings. The molecule has 2 rings (SSSR count). The van der Waals surface area contributed by atoms with E-state index in [1.165, 1.54) is 51.7 Å². The van der Waals surface area contributed by atoms with Crippen molar-refractivity contribution in [1.29, 1.82) is 0 Å². The normalized spacial score (nSPS) is 37.2. The molecule has 1 aliphatic carbocycles. The molecule has 1 saturated carbocycles. The van der Waals surface area contributed by atoms with Gasteiger partial charge in [0.25, 0.3) is 0 Å². The molecule has 0 aromatic rings. The lowest BCUT2D eigenvalue weighted by Gasteiger charge is -2.48. The fourth-order valence-corrected chi connectivity index (χ4v) is 4.22. The minimum absolute atomic E-state index is 0.726. The Bertz CT molecular complexity index is 281. The Kier molecular flexibility index (Phi) is 6.31. The van der Waals surface area contributed by atoms with Crippen molar-refractivity contribution >= 4 is 0 Å². The van der Waals surface area contributed by atoms with Gasteiger partial charge in [0.15, 0.2) is 0 Å². The van der Waals surface area contributed by atoms with Gasteiger partial charge in [-0.05, 0) is 45.2 Å². The lowest BCUT2D eigenvalue weighted by Crippen LogP contribution is -2.60. The summed E-state index contributed by atoms with van der Waals surface area (Å²) in [5, 5.41) is 3.77. The fourth-order valence-electron chi connectivity index (χ4n) is 4.22. The maximum Gasteiger partial charge on any atom is 0.0253 e. The minimum Gasteiger partial charge on any atom is -0.313 e. The van der Waals surface area contributed by atoms with Crippen molar-refractivity contribution < 1.29 is 0 Å². The van der Waals surface area contributed by atoms with Gasteiger partial charge in [-0.25, -0.2) is 0 Å². The summed E-state index contributed by atoms with van der Waals surface area (Å²) < 4.78 is 0. The summed E-state index contributed by atoms with van der Waals surface area (Å²) in [6.45, 7) is 11.8. The van der Waals surface area contributed by atoms with Crippen LogP contribution in [0, 0.1) is 5.92 Å². The van der Waals surface area contributed by atoms with E-state index in [9.17, 15) is 0 Å². The van der Waals surface area contributed by atoms with Crippen molar-refractivity contribution in [2.75, 3.05) is 33.2 Å². The molecule has 1 saturated heterocycles. The molecular weight excluding hydrogens is 246 g/mol. The fraction of sp³-hybridized carbons (Fsp3) is 1.00. The Hall–Kier alpha value is -0.120. The summed E-state index contributed by atoms with van der Waals surface area (Å²) in [7, 11) is 2.29. The third kappa shape index (κ3) is 3.75. The van der Waals surface area contributed by atoms with Gasteiger partial charge in [-0.1, -0.05) is 27.2 Å². The van der Waals surface area contributed by atoms with Crippen LogP contribution in [0.3, 0.4) is 0 Å². The van der Waals surface area contributed by atoms with Gasteiger partial charge in [0.1, 0.15) is 0 Å². The monoisotopic (exact) mass is 281 g/mol. The van der Waals surface area contributed by atoms with E-state index in [0.717, 1.165) is 30.6 Å². The zero-order chi connectivity index (χ0) is 14.5. The molecule has 3 nitrogen and oxygen atoms in total. The number of rotatable bonds is 5. The van der Waals surface area contributed by atoms with Crippen molar-refractivity contribution in [2.24, 2.45) is 5.92 Å². The highest BCUT2D eigenvalue weighted by atomic mass is 15.3. The van der Waals surface area contributed by atoms with Crippen molar-refractivity contribution in [2.45, 2.75) is 71.0 Å². The molecule has 1 aliphatic heterocycles. The number of nitrogens with zero attached hydrogens (tertiary/aromatic N) is 2. The van der Waals surface area contributed by atoms with E-state index in [2.05, 4.69) is 42.9 Å². The Labute approximate surface area is 126 Å². The Balaban J connectivity index is 2.01. The van der Waals surface area contributed by atoms with Crippen LogP contribution in [-0.4, -0.2) is 61.2 Å². The molecule has 0 bridgehead atoms. The van der Waals surface area contributed by atoms with Gasteiger partial charge in [0.2, 0.25) is 0 Å². The van der Waals surface area contributed by atoms with E-state index in [1.54, 1.807) is 0 Å². The third-order valence-corrected chi connectivity index (χ3v) is 5.72. The minimum atomic E-state index is 0.726. The SMILES string of the molecule is CCNC1CCC(CC)CC1N1CCN(C)C(CC)C1. The molecule has 20 heavy (non-hydrogen) atoms. The van der Waals surface area contributed by atoms with E-state index in [0.29, 0.717) is 0 Å². The van der Waals surface area contributed by atoms with Crippen molar-refractivity contribution in [3.8, 4) is 0 Å². The predicted octanol–water partition coefficient (Wildman–Crippen LogP) is 2.57. The molecule has 0 amide bonds. The van der Waals surface area contributed by atoms with Crippen LogP contribution in [0.2, 0.25) is 0 Å². The molecule has 0 spiro atoms. The first-order valence-electron chi connectivity index (χ1n) is 8.87. The van der Waals surface area contributed by atoms with Gasteiger partial charge in [-0.3, -0.25) is 4.90 Å². The van der Waals surface area contributed by atoms with Crippen LogP contribution in [0.25, 0.3) is 0 Å². The second kappa shape index (κ2) is 7.77. The quantitative estimate of drug-likeness (QED) is 0.835. The van der Waals surface area contributed by atoms with E-state index in [4.69, 9.17) is 0 Å². The first-order chi connectivity index (χ1) is 9.69. The Morgan fingerprint density at radius 1 is 1.05 bits per heavy atom. The van der Waals surface area contributed by atoms with E-state index >= 15 is 0 Å². The zero-order valence-corrected chi connectivity index (χ0v) is 14.1.